The summed E-state index contributed by atoms with van der Waals surface area (Å²) < 4.78 is 23.7. The normalized spacial score (nSPS) is 9.85. The summed E-state index contributed by atoms with van der Waals surface area (Å²) in [5, 5.41) is 4.58. The molecule has 2 heterocycles. The van der Waals surface area contributed by atoms with Gasteiger partial charge < -0.3 is 25.9 Å². The van der Waals surface area contributed by atoms with Gasteiger partial charge in [0.05, 0.1) is 37.8 Å². The van der Waals surface area contributed by atoms with Crippen LogP contribution in [0.5, 0.6) is 23.0 Å². The van der Waals surface area contributed by atoms with E-state index in [4.69, 9.17) is 18.9 Å². The summed E-state index contributed by atoms with van der Waals surface area (Å²) in [5.41, 5.74) is 4.83. The summed E-state index contributed by atoms with van der Waals surface area (Å²) in [6.07, 6.45) is 2.28. The fourth-order valence-corrected chi connectivity index (χ4v) is 6.57. The summed E-state index contributed by atoms with van der Waals surface area (Å²) in [6.45, 7) is 7.85. The van der Waals surface area contributed by atoms with Crippen LogP contribution in [0.4, 0.5) is 0 Å². The first-order chi connectivity index (χ1) is 22.0. The Morgan fingerprint density at radius 2 is 1.09 bits per heavy atom. The van der Waals surface area contributed by atoms with Crippen molar-refractivity contribution in [1.29, 1.82) is 0 Å². The zero-order valence-corrected chi connectivity index (χ0v) is 31.9. The summed E-state index contributed by atoms with van der Waals surface area (Å²) in [6, 6.07) is 29.0. The first-order valence-corrected chi connectivity index (χ1v) is 18.4. The van der Waals surface area contributed by atoms with Gasteiger partial charge in [-0.3, -0.25) is 0 Å². The molecule has 0 spiro atoms. The van der Waals surface area contributed by atoms with Crippen molar-refractivity contribution >= 4 is 65.4 Å². The Kier molecular flexibility index (Phi) is 17.6. The Labute approximate surface area is 308 Å². The molecule has 0 fully saturated rings. The second-order valence-corrected chi connectivity index (χ2v) is 11.9. The molecule has 0 atom stereocenters. The molecule has 238 valence electrons. The molecule has 4 nitrogen and oxygen atoms in total. The molecule has 8 heteroatoms. The Bertz CT molecular complexity index is 1740. The van der Waals surface area contributed by atoms with Crippen molar-refractivity contribution in [3.8, 4) is 45.3 Å². The van der Waals surface area contributed by atoms with Gasteiger partial charge >= 0.3 is 18.9 Å². The summed E-state index contributed by atoms with van der Waals surface area (Å²) >= 11 is 5.63. The third kappa shape index (κ3) is 9.92. The molecule has 4 aromatic carbocycles. The fraction of sp³-hybridized carbons (Fsp3) is 0.237. The maximum atomic E-state index is 5.46. The van der Waals surface area contributed by atoms with Crippen LogP contribution in [0.15, 0.2) is 90.3 Å². The summed E-state index contributed by atoms with van der Waals surface area (Å²) in [5.74, 6) is 3.62. The first-order valence-electron chi connectivity index (χ1n) is 14.5. The number of thiophene rings is 2. The molecular weight excluding hydrogens is 718 g/mol. The molecule has 0 aliphatic carbocycles. The van der Waals surface area contributed by atoms with Crippen molar-refractivity contribution < 1.29 is 37.8 Å². The minimum absolute atomic E-state index is 0. The van der Waals surface area contributed by atoms with Crippen molar-refractivity contribution in [2.45, 2.75) is 26.7 Å². The van der Waals surface area contributed by atoms with Gasteiger partial charge in [-0.05, 0) is 100 Å². The summed E-state index contributed by atoms with van der Waals surface area (Å²) in [7, 11) is 6.79. The van der Waals surface area contributed by atoms with Crippen molar-refractivity contribution in [3.63, 3.8) is 0 Å². The van der Waals surface area contributed by atoms with Gasteiger partial charge in [0.15, 0.2) is 0 Å². The Hall–Kier alpha value is -2.67. The van der Waals surface area contributed by atoms with E-state index in [9.17, 15) is 0 Å². The molecule has 2 aromatic heterocycles. The molecule has 0 radical (unpaired) electrons. The standard InChI is InChI=1S/C17H16O2S.C16H14O2S.C4H9.CH3I.Li/c1-11-10-15-14(8-9-16(19-3)17(15)20-11)12-4-6-13(18-2)7-5-12;1-17-12-5-3-11(4-6-12)13-7-8-15(18-2)16-14(13)9-10-19-16;1-3-4-2;1-2;/h4-10H,1-3H3;3-10H,1-2H3;1,3-4H2,2H3;1H3;/q;;-1;;+1. The van der Waals surface area contributed by atoms with Crippen LogP contribution in [0.25, 0.3) is 42.4 Å². The number of rotatable bonds is 7. The number of benzene rings is 4. The molecular formula is C38H42ILiO4S2. The number of ether oxygens (including phenoxy) is 4. The minimum Gasteiger partial charge on any atom is -0.497 e. The van der Waals surface area contributed by atoms with Gasteiger partial charge in [0.1, 0.15) is 23.0 Å². The second kappa shape index (κ2) is 20.5. The number of unbranched alkanes of at least 4 members (excludes halogenated alkanes) is 1. The van der Waals surface area contributed by atoms with Gasteiger partial charge in [0.25, 0.3) is 0 Å². The minimum atomic E-state index is 0. The van der Waals surface area contributed by atoms with E-state index in [0.717, 1.165) is 29.4 Å². The van der Waals surface area contributed by atoms with Crippen LogP contribution < -0.4 is 37.8 Å². The van der Waals surface area contributed by atoms with E-state index >= 15 is 0 Å². The van der Waals surface area contributed by atoms with Crippen LogP contribution in [-0.4, -0.2) is 33.4 Å². The predicted molar refractivity (Wildman–Crippen MR) is 206 cm³/mol. The van der Waals surface area contributed by atoms with Gasteiger partial charge in [0, 0.05) is 15.6 Å². The quantitative estimate of drug-likeness (QED) is 0.0705. The molecule has 0 amide bonds. The molecule has 0 N–H and O–H groups in total. The van der Waals surface area contributed by atoms with Crippen LogP contribution in [0.3, 0.4) is 0 Å². The zero-order chi connectivity index (χ0) is 32.8. The number of alkyl halides is 1. The largest absolute Gasteiger partial charge is 1.00 e. The Morgan fingerprint density at radius 1 is 0.630 bits per heavy atom. The maximum Gasteiger partial charge on any atom is 1.00 e. The van der Waals surface area contributed by atoms with E-state index in [-0.39, 0.29) is 18.9 Å². The molecule has 0 aliphatic rings. The van der Waals surface area contributed by atoms with Crippen LogP contribution in [0, 0.1) is 13.8 Å². The molecule has 0 unspecified atom stereocenters. The molecule has 0 saturated carbocycles. The number of fused-ring (bicyclic) bond motifs is 2. The van der Waals surface area contributed by atoms with Crippen molar-refractivity contribution in [2.24, 2.45) is 0 Å². The molecule has 0 bridgehead atoms. The van der Waals surface area contributed by atoms with Gasteiger partial charge in [-0.15, -0.1) is 22.7 Å². The average molecular weight is 761 g/mol. The fourth-order valence-electron chi connectivity index (χ4n) is 4.62. The topological polar surface area (TPSA) is 36.9 Å². The third-order valence-corrected chi connectivity index (χ3v) is 8.94. The average Bonchev–Trinajstić information content (AvgIpc) is 3.76. The third-order valence-electron chi connectivity index (χ3n) is 6.95. The van der Waals surface area contributed by atoms with Crippen LogP contribution in [0.2, 0.25) is 0 Å². The van der Waals surface area contributed by atoms with E-state index in [0.29, 0.717) is 0 Å². The van der Waals surface area contributed by atoms with Crippen LogP contribution in [-0.2, 0) is 0 Å². The first kappa shape index (κ1) is 39.5. The molecule has 0 saturated heterocycles. The van der Waals surface area contributed by atoms with Crippen LogP contribution >= 0.6 is 45.3 Å². The monoisotopic (exact) mass is 760 g/mol. The Balaban J connectivity index is 0.000000269. The number of hydrogen-bond donors (Lipinski definition) is 0. The SMILES string of the molecule is CI.COc1ccc(-c2ccc(OC)c3sc(C)cc23)cc1.COc1ccc(-c2ccc(OC)c3sccc23)cc1.[CH2-]CCC.[Li+]. The van der Waals surface area contributed by atoms with Gasteiger partial charge in [-0.2, -0.15) is 6.42 Å². The number of methoxy groups -OCH3 is 4. The van der Waals surface area contributed by atoms with E-state index in [1.165, 1.54) is 53.7 Å². The van der Waals surface area contributed by atoms with Crippen molar-refractivity contribution in [1.82, 2.24) is 0 Å². The Morgan fingerprint density at radius 3 is 1.52 bits per heavy atom. The molecule has 6 rings (SSSR count). The molecule has 46 heavy (non-hydrogen) atoms. The summed E-state index contributed by atoms with van der Waals surface area (Å²) in [4.78, 5) is 3.26. The van der Waals surface area contributed by atoms with E-state index in [2.05, 4.69) is 97.3 Å². The zero-order valence-electron chi connectivity index (χ0n) is 28.1. The molecule has 0 aliphatic heterocycles. The van der Waals surface area contributed by atoms with Crippen molar-refractivity contribution in [2.75, 3.05) is 33.4 Å². The van der Waals surface area contributed by atoms with Crippen molar-refractivity contribution in [3.05, 3.63) is 102 Å². The molecule has 6 aromatic rings. The van der Waals surface area contributed by atoms with Gasteiger partial charge in [-0.1, -0.05) is 60.2 Å². The number of aryl methyl sites for hydroxylation is 1. The van der Waals surface area contributed by atoms with Crippen LogP contribution in [0.1, 0.15) is 24.6 Å². The van der Waals surface area contributed by atoms with E-state index in [1.54, 1.807) is 51.1 Å². The number of halogens is 1. The van der Waals surface area contributed by atoms with Gasteiger partial charge in [0.2, 0.25) is 0 Å². The maximum absolute atomic E-state index is 5.46. The van der Waals surface area contributed by atoms with E-state index < -0.39 is 0 Å². The predicted octanol–water partition coefficient (Wildman–Crippen LogP) is 9.16. The van der Waals surface area contributed by atoms with E-state index in [1.807, 2.05) is 41.3 Å². The number of hydrogen-bond acceptors (Lipinski definition) is 6. The second-order valence-electron chi connectivity index (χ2n) is 9.70. The van der Waals surface area contributed by atoms with Gasteiger partial charge in [-0.25, -0.2) is 0 Å². The smallest absolute Gasteiger partial charge is 0.497 e.